The molecule has 0 unspecified atom stereocenters. The van der Waals surface area contributed by atoms with Gasteiger partial charge in [0.25, 0.3) is 5.91 Å². The molecule has 0 radical (unpaired) electrons. The summed E-state index contributed by atoms with van der Waals surface area (Å²) in [5, 5.41) is 5.91. The maximum atomic E-state index is 14.7. The van der Waals surface area contributed by atoms with E-state index in [1.54, 1.807) is 15.9 Å². The van der Waals surface area contributed by atoms with E-state index in [4.69, 9.17) is 4.74 Å². The number of fused-ring (bicyclic) bond motifs is 3. The zero-order valence-electron chi connectivity index (χ0n) is 30.7. The molecule has 4 amide bonds. The van der Waals surface area contributed by atoms with Crippen LogP contribution in [-0.4, -0.2) is 84.1 Å². The monoisotopic (exact) mass is 737 g/mol. The van der Waals surface area contributed by atoms with Crippen LogP contribution in [0.2, 0.25) is 0 Å². The smallest absolute Gasteiger partial charge is 0.410 e. The lowest BCUT2D eigenvalue weighted by molar-refractivity contribution is -0.142. The molecule has 284 valence electrons. The molecule has 1 aromatic carbocycles. The molecule has 1 aromatic rings. The molecule has 4 fully saturated rings. The van der Waals surface area contributed by atoms with Crippen molar-refractivity contribution in [1.29, 1.82) is 0 Å². The number of nitrogens with zero attached hydrogens (tertiary/aromatic N) is 2. The highest BCUT2D eigenvalue weighted by atomic mass is 32.2. The second-order valence-electron chi connectivity index (χ2n) is 17.0. The highest BCUT2D eigenvalue weighted by Gasteiger charge is 2.62. The van der Waals surface area contributed by atoms with Gasteiger partial charge in [-0.3, -0.25) is 24.0 Å². The van der Waals surface area contributed by atoms with E-state index in [-0.39, 0.29) is 36.6 Å². The van der Waals surface area contributed by atoms with Gasteiger partial charge in [-0.25, -0.2) is 13.2 Å². The Hall–Kier alpha value is -3.45. The Balaban J connectivity index is 1.16. The van der Waals surface area contributed by atoms with Gasteiger partial charge < -0.3 is 20.3 Å². The van der Waals surface area contributed by atoms with Gasteiger partial charge in [-0.1, -0.05) is 63.8 Å². The number of benzene rings is 1. The van der Waals surface area contributed by atoms with Gasteiger partial charge in [0, 0.05) is 32.0 Å². The summed E-state index contributed by atoms with van der Waals surface area (Å²) >= 11 is 0. The van der Waals surface area contributed by atoms with Crippen molar-refractivity contribution in [2.24, 2.45) is 17.3 Å². The van der Waals surface area contributed by atoms with Crippen molar-refractivity contribution in [2.75, 3.05) is 13.1 Å². The maximum Gasteiger partial charge on any atom is 0.410 e. The lowest BCUT2D eigenvalue weighted by Crippen LogP contribution is -2.59. The molecule has 12 nitrogen and oxygen atoms in total. The number of carbonyl (C=O) groups is 4. The first-order valence-corrected chi connectivity index (χ1v) is 20.9. The number of sulfonamides is 1. The molecule has 3 saturated carbocycles. The number of amides is 4. The number of aryl methyl sites for hydroxylation is 1. The molecule has 3 aliphatic heterocycles. The first-order chi connectivity index (χ1) is 24.8. The van der Waals surface area contributed by atoms with Crippen molar-refractivity contribution in [3.8, 4) is 0 Å². The van der Waals surface area contributed by atoms with Gasteiger partial charge in [-0.15, -0.1) is 6.58 Å². The number of carbonyl (C=O) groups excluding carboxylic acids is 4. The Morgan fingerprint density at radius 1 is 1.02 bits per heavy atom. The average Bonchev–Trinajstić information content (AvgIpc) is 3.88. The second-order valence-corrected chi connectivity index (χ2v) is 18.9. The predicted molar refractivity (Wildman–Crippen MR) is 195 cm³/mol. The molecule has 3 aliphatic carbocycles. The van der Waals surface area contributed by atoms with Crippen molar-refractivity contribution in [1.82, 2.24) is 25.2 Å². The van der Waals surface area contributed by atoms with Gasteiger partial charge in [0.1, 0.15) is 17.7 Å². The summed E-state index contributed by atoms with van der Waals surface area (Å²) in [6.45, 7) is 9.86. The molecule has 1 saturated heterocycles. The van der Waals surface area contributed by atoms with Crippen LogP contribution in [0, 0.1) is 17.3 Å². The fourth-order valence-electron chi connectivity index (χ4n) is 8.96. The third-order valence-electron chi connectivity index (χ3n) is 12.4. The molecule has 4 bridgehead atoms. The molecule has 0 spiro atoms. The van der Waals surface area contributed by atoms with E-state index in [1.807, 2.05) is 0 Å². The van der Waals surface area contributed by atoms with Crippen molar-refractivity contribution >= 4 is 33.8 Å². The fraction of sp³-hybridized carbons (Fsp3) is 0.692. The molecule has 6 aliphatic rings. The minimum absolute atomic E-state index is 0.0448. The average molecular weight is 738 g/mol. The summed E-state index contributed by atoms with van der Waals surface area (Å²) in [6.07, 6.45) is 10.6. The molecule has 0 aromatic heterocycles. The highest BCUT2D eigenvalue weighted by molar-refractivity contribution is 7.91. The van der Waals surface area contributed by atoms with Crippen molar-refractivity contribution in [2.45, 2.75) is 139 Å². The van der Waals surface area contributed by atoms with Crippen molar-refractivity contribution in [3.63, 3.8) is 0 Å². The van der Waals surface area contributed by atoms with Gasteiger partial charge in [-0.2, -0.15) is 0 Å². The first kappa shape index (κ1) is 36.9. The SMILES string of the molecule is C=C[C@@H]1C[C@]1(NC(=O)[C@@H]1C[C@@H]2CN1C(=O)[C@H](C1CCCC1)NCC(C)(C)CCCCCc1cccc3c1CN(C3)C(=O)O2)C(=O)NS(=O)(=O)C1CC1. The van der Waals surface area contributed by atoms with E-state index < -0.39 is 62.8 Å². The topological polar surface area (TPSA) is 154 Å². The molecule has 3 heterocycles. The number of hydrogen-bond acceptors (Lipinski definition) is 8. The molecule has 5 atom stereocenters. The molecule has 13 heteroatoms. The van der Waals surface area contributed by atoms with Crippen LogP contribution >= 0.6 is 0 Å². The Morgan fingerprint density at radius 2 is 1.77 bits per heavy atom. The number of nitrogens with one attached hydrogen (secondary N) is 3. The van der Waals surface area contributed by atoms with Gasteiger partial charge >= 0.3 is 6.09 Å². The molecule has 52 heavy (non-hydrogen) atoms. The predicted octanol–water partition coefficient (Wildman–Crippen LogP) is 4.07. The zero-order chi connectivity index (χ0) is 36.8. The normalized spacial score (nSPS) is 31.3. The third-order valence-corrected chi connectivity index (χ3v) is 14.3. The van der Waals surface area contributed by atoms with Crippen LogP contribution in [0.1, 0.15) is 108 Å². The van der Waals surface area contributed by atoms with Crippen LogP contribution in [0.4, 0.5) is 4.79 Å². The summed E-state index contributed by atoms with van der Waals surface area (Å²) in [4.78, 5) is 59.5. The highest BCUT2D eigenvalue weighted by Crippen LogP contribution is 2.45. The second kappa shape index (κ2) is 14.4. The fourth-order valence-corrected chi connectivity index (χ4v) is 10.3. The van der Waals surface area contributed by atoms with E-state index in [9.17, 15) is 27.6 Å². The van der Waals surface area contributed by atoms with Crippen LogP contribution in [0.5, 0.6) is 0 Å². The molecule has 3 N–H and O–H groups in total. The maximum absolute atomic E-state index is 14.7. The lowest BCUT2D eigenvalue weighted by atomic mass is 9.85. The van der Waals surface area contributed by atoms with E-state index in [2.05, 4.69) is 54.0 Å². The molecular formula is C39H55N5O7S. The van der Waals surface area contributed by atoms with Gasteiger partial charge in [0.15, 0.2) is 0 Å². The van der Waals surface area contributed by atoms with Crippen LogP contribution in [-0.2, 0) is 48.7 Å². The number of hydrogen-bond donors (Lipinski definition) is 3. The Kier molecular flexibility index (Phi) is 10.2. The quantitative estimate of drug-likeness (QED) is 0.354. The summed E-state index contributed by atoms with van der Waals surface area (Å²) in [5.74, 6) is -1.92. The van der Waals surface area contributed by atoms with Crippen molar-refractivity contribution in [3.05, 3.63) is 47.5 Å². The van der Waals surface area contributed by atoms with E-state index in [0.717, 1.165) is 63.4 Å². The summed E-state index contributed by atoms with van der Waals surface area (Å²) in [5.41, 5.74) is 2.02. The summed E-state index contributed by atoms with van der Waals surface area (Å²) in [7, 11) is -3.85. The zero-order valence-corrected chi connectivity index (χ0v) is 31.5. The number of ether oxygens (including phenoxy) is 1. The van der Waals surface area contributed by atoms with Crippen LogP contribution < -0.4 is 15.4 Å². The number of rotatable bonds is 7. The van der Waals surface area contributed by atoms with Gasteiger partial charge in [0.05, 0.1) is 17.8 Å². The minimum Gasteiger partial charge on any atom is -0.444 e. The Morgan fingerprint density at radius 3 is 2.48 bits per heavy atom. The Bertz CT molecular complexity index is 1700. The van der Waals surface area contributed by atoms with Crippen molar-refractivity contribution < 1.29 is 32.3 Å². The minimum atomic E-state index is -3.85. The van der Waals surface area contributed by atoms with E-state index in [1.165, 1.54) is 11.1 Å². The van der Waals surface area contributed by atoms with Gasteiger partial charge in [-0.05, 0) is 79.4 Å². The summed E-state index contributed by atoms with van der Waals surface area (Å²) in [6, 6.07) is 4.74. The first-order valence-electron chi connectivity index (χ1n) is 19.4. The molecule has 7 rings (SSSR count). The van der Waals surface area contributed by atoms with E-state index >= 15 is 0 Å². The standard InChI is InChI=1S/C39H55N5O7S/c1-4-28-20-39(28,36(47)42-52(49,50)30-16-17-30)41-34(45)32-19-29-22-44(32)35(46)33(26-12-7-8-13-26)40-24-38(2,3)18-9-5-6-11-25-14-10-15-27-21-43(23-31(25)27)37(48)51-29/h4,10,14-15,26,28-30,32-33,40H,1,5-9,11-13,16-24H2,2-3H3,(H,41,45)(H,42,47)/t28-,29-,32+,33+,39-/m1/s1. The largest absolute Gasteiger partial charge is 0.444 e. The van der Waals surface area contributed by atoms with Crippen LogP contribution in [0.15, 0.2) is 30.9 Å². The van der Waals surface area contributed by atoms with Crippen LogP contribution in [0.3, 0.4) is 0 Å². The Labute approximate surface area is 307 Å². The third kappa shape index (κ3) is 7.62. The van der Waals surface area contributed by atoms with E-state index in [0.29, 0.717) is 32.5 Å². The van der Waals surface area contributed by atoms with Gasteiger partial charge in [0.2, 0.25) is 21.8 Å². The van der Waals surface area contributed by atoms with Crippen LogP contribution in [0.25, 0.3) is 0 Å². The lowest BCUT2D eigenvalue weighted by Gasteiger charge is -2.34. The molecular weight excluding hydrogens is 683 g/mol. The summed E-state index contributed by atoms with van der Waals surface area (Å²) < 4.78 is 33.7.